The smallest absolute Gasteiger partial charge is 0.129 e. The number of ether oxygens (including phenoxy) is 1. The number of methoxy groups -OCH3 is 1. The Morgan fingerprint density at radius 1 is 1.10 bits per heavy atom. The molecule has 0 radical (unpaired) electrons. The highest BCUT2D eigenvalue weighted by atomic mass is 35.5. The molecule has 0 saturated carbocycles. The lowest BCUT2D eigenvalue weighted by atomic mass is 10.2. The first-order valence-electron chi connectivity index (χ1n) is 6.21. The van der Waals surface area contributed by atoms with Crippen molar-refractivity contribution >= 4 is 23.2 Å². The molecule has 1 aromatic heterocycles. The summed E-state index contributed by atoms with van der Waals surface area (Å²) in [6.45, 7) is 1.37. The van der Waals surface area contributed by atoms with Gasteiger partial charge in [-0.15, -0.1) is 0 Å². The zero-order valence-electron chi connectivity index (χ0n) is 11.4. The van der Waals surface area contributed by atoms with Crippen molar-refractivity contribution in [1.29, 1.82) is 0 Å². The molecule has 0 amide bonds. The van der Waals surface area contributed by atoms with Crippen LogP contribution >= 0.6 is 23.2 Å². The van der Waals surface area contributed by atoms with Crippen molar-refractivity contribution in [3.63, 3.8) is 0 Å². The monoisotopic (exact) mass is 310 g/mol. The van der Waals surface area contributed by atoms with Crippen molar-refractivity contribution in [2.24, 2.45) is 0 Å². The summed E-state index contributed by atoms with van der Waals surface area (Å²) in [5, 5.41) is 1.08. The van der Waals surface area contributed by atoms with Gasteiger partial charge in [0.15, 0.2) is 0 Å². The van der Waals surface area contributed by atoms with E-state index in [9.17, 15) is 0 Å². The van der Waals surface area contributed by atoms with Crippen LogP contribution in [0.1, 0.15) is 11.3 Å². The van der Waals surface area contributed by atoms with Crippen LogP contribution in [0.4, 0.5) is 0 Å². The van der Waals surface area contributed by atoms with Crippen LogP contribution in [0.15, 0.2) is 36.4 Å². The van der Waals surface area contributed by atoms with Gasteiger partial charge in [-0.05, 0) is 25.2 Å². The van der Waals surface area contributed by atoms with Gasteiger partial charge in [-0.1, -0.05) is 41.4 Å². The van der Waals surface area contributed by atoms with Crippen LogP contribution in [0.25, 0.3) is 0 Å². The van der Waals surface area contributed by atoms with Crippen molar-refractivity contribution in [2.75, 3.05) is 14.2 Å². The van der Waals surface area contributed by atoms with Crippen molar-refractivity contribution in [3.8, 4) is 5.75 Å². The number of nitrogens with zero attached hydrogens (tertiary/aromatic N) is 2. The number of hydrogen-bond donors (Lipinski definition) is 0. The Kier molecular flexibility index (Phi) is 5.24. The topological polar surface area (TPSA) is 25.4 Å². The Morgan fingerprint density at radius 3 is 2.60 bits per heavy atom. The van der Waals surface area contributed by atoms with Gasteiger partial charge in [0, 0.05) is 18.7 Å². The average Bonchev–Trinajstić information content (AvgIpc) is 2.43. The van der Waals surface area contributed by atoms with Crippen LogP contribution in [-0.4, -0.2) is 24.0 Å². The average molecular weight is 311 g/mol. The second-order valence-corrected chi connectivity index (χ2v) is 5.34. The maximum Gasteiger partial charge on any atom is 0.129 e. The number of para-hydroxylation sites is 1. The molecule has 0 aliphatic carbocycles. The van der Waals surface area contributed by atoms with Crippen LogP contribution in [-0.2, 0) is 13.1 Å². The normalized spacial score (nSPS) is 10.8. The lowest BCUT2D eigenvalue weighted by Crippen LogP contribution is -2.18. The Morgan fingerprint density at radius 2 is 1.85 bits per heavy atom. The van der Waals surface area contributed by atoms with Crippen molar-refractivity contribution in [2.45, 2.75) is 13.1 Å². The molecule has 2 aromatic rings. The highest BCUT2D eigenvalue weighted by Crippen LogP contribution is 2.22. The van der Waals surface area contributed by atoms with Gasteiger partial charge in [-0.2, -0.15) is 0 Å². The van der Waals surface area contributed by atoms with Crippen LogP contribution < -0.4 is 4.74 Å². The SMILES string of the molecule is COc1ccccc1CN(C)Cc1nc(Cl)ccc1Cl. The summed E-state index contributed by atoms with van der Waals surface area (Å²) in [7, 11) is 3.68. The molecule has 0 aliphatic heterocycles. The van der Waals surface area contributed by atoms with E-state index in [0.29, 0.717) is 16.7 Å². The minimum absolute atomic E-state index is 0.454. The van der Waals surface area contributed by atoms with Crippen LogP contribution in [0, 0.1) is 0 Å². The number of hydrogen-bond acceptors (Lipinski definition) is 3. The molecule has 0 atom stereocenters. The number of pyridine rings is 1. The summed E-state index contributed by atoms with van der Waals surface area (Å²) < 4.78 is 5.35. The third-order valence-corrected chi connectivity index (χ3v) is 3.49. The lowest BCUT2D eigenvalue weighted by molar-refractivity contribution is 0.306. The first-order valence-corrected chi connectivity index (χ1v) is 6.97. The van der Waals surface area contributed by atoms with Gasteiger partial charge in [0.1, 0.15) is 10.9 Å². The summed E-state index contributed by atoms with van der Waals surface area (Å²) in [4.78, 5) is 6.37. The number of rotatable bonds is 5. The predicted octanol–water partition coefficient (Wildman–Crippen LogP) is 4.03. The van der Waals surface area contributed by atoms with E-state index in [0.717, 1.165) is 23.6 Å². The van der Waals surface area contributed by atoms with E-state index >= 15 is 0 Å². The van der Waals surface area contributed by atoms with Gasteiger partial charge in [0.2, 0.25) is 0 Å². The van der Waals surface area contributed by atoms with Crippen molar-refractivity contribution in [1.82, 2.24) is 9.88 Å². The summed E-state index contributed by atoms with van der Waals surface area (Å²) >= 11 is 12.0. The zero-order valence-corrected chi connectivity index (χ0v) is 12.9. The molecule has 0 N–H and O–H groups in total. The standard InChI is InChI=1S/C15H16Cl2N2O/c1-19(9-11-5-3-4-6-14(11)20-2)10-13-12(16)7-8-15(17)18-13/h3-8H,9-10H2,1-2H3. The van der Waals surface area contributed by atoms with Gasteiger partial charge >= 0.3 is 0 Å². The van der Waals surface area contributed by atoms with Crippen molar-refractivity contribution in [3.05, 3.63) is 57.8 Å². The third kappa shape index (κ3) is 3.85. The molecule has 0 spiro atoms. The predicted molar refractivity (Wildman–Crippen MR) is 82.4 cm³/mol. The Bertz CT molecular complexity index is 590. The molecule has 0 aliphatic rings. The molecule has 3 nitrogen and oxygen atoms in total. The van der Waals surface area contributed by atoms with Crippen LogP contribution in [0.5, 0.6) is 5.75 Å². The minimum atomic E-state index is 0.454. The van der Waals surface area contributed by atoms with E-state index in [1.807, 2.05) is 31.3 Å². The molecule has 106 valence electrons. The number of aromatic nitrogens is 1. The summed E-state index contributed by atoms with van der Waals surface area (Å²) in [6, 6.07) is 11.4. The molecule has 0 bridgehead atoms. The van der Waals surface area contributed by atoms with E-state index in [1.165, 1.54) is 0 Å². The summed E-state index contributed by atoms with van der Waals surface area (Å²) in [6.07, 6.45) is 0. The van der Waals surface area contributed by atoms with E-state index < -0.39 is 0 Å². The second-order valence-electron chi connectivity index (χ2n) is 4.55. The zero-order chi connectivity index (χ0) is 14.5. The second kappa shape index (κ2) is 6.93. The summed E-state index contributed by atoms with van der Waals surface area (Å²) in [5.74, 6) is 0.879. The molecular formula is C15H16Cl2N2O. The third-order valence-electron chi connectivity index (χ3n) is 2.94. The van der Waals surface area contributed by atoms with E-state index in [4.69, 9.17) is 27.9 Å². The number of benzene rings is 1. The first kappa shape index (κ1) is 15.1. The molecule has 20 heavy (non-hydrogen) atoms. The van der Waals surface area contributed by atoms with Gasteiger partial charge in [-0.25, -0.2) is 4.98 Å². The molecule has 1 aromatic carbocycles. The Hall–Kier alpha value is -1.29. The number of halogens is 2. The fraction of sp³-hybridized carbons (Fsp3) is 0.267. The fourth-order valence-corrected chi connectivity index (χ4v) is 2.33. The van der Waals surface area contributed by atoms with Crippen LogP contribution in [0.2, 0.25) is 10.2 Å². The molecular weight excluding hydrogens is 295 g/mol. The first-order chi connectivity index (χ1) is 9.60. The summed E-state index contributed by atoms with van der Waals surface area (Å²) in [5.41, 5.74) is 1.90. The maximum absolute atomic E-state index is 6.13. The van der Waals surface area contributed by atoms with E-state index in [1.54, 1.807) is 19.2 Å². The molecule has 2 rings (SSSR count). The fourth-order valence-electron chi connectivity index (χ4n) is 2.00. The van der Waals surface area contributed by atoms with Crippen molar-refractivity contribution < 1.29 is 4.74 Å². The van der Waals surface area contributed by atoms with Crippen LogP contribution in [0.3, 0.4) is 0 Å². The maximum atomic E-state index is 6.13. The lowest BCUT2D eigenvalue weighted by Gasteiger charge is -2.18. The molecule has 0 fully saturated rings. The Labute approximate surface area is 129 Å². The van der Waals surface area contributed by atoms with Gasteiger partial charge in [0.05, 0.1) is 17.8 Å². The van der Waals surface area contributed by atoms with Gasteiger partial charge in [0.25, 0.3) is 0 Å². The molecule has 0 saturated heterocycles. The van der Waals surface area contributed by atoms with Gasteiger partial charge in [-0.3, -0.25) is 4.90 Å². The Balaban J connectivity index is 2.09. The molecule has 1 heterocycles. The molecule has 0 unspecified atom stereocenters. The quantitative estimate of drug-likeness (QED) is 0.780. The van der Waals surface area contributed by atoms with E-state index in [-0.39, 0.29) is 0 Å². The largest absolute Gasteiger partial charge is 0.496 e. The highest BCUT2D eigenvalue weighted by Gasteiger charge is 2.09. The highest BCUT2D eigenvalue weighted by molar-refractivity contribution is 6.32. The van der Waals surface area contributed by atoms with E-state index in [2.05, 4.69) is 9.88 Å². The van der Waals surface area contributed by atoms with Gasteiger partial charge < -0.3 is 4.74 Å². The molecule has 5 heteroatoms. The minimum Gasteiger partial charge on any atom is -0.496 e.